The minimum atomic E-state index is -0.250. The number of ether oxygens (including phenoxy) is 1. The van der Waals surface area contributed by atoms with Gasteiger partial charge in [0.15, 0.2) is 0 Å². The van der Waals surface area contributed by atoms with E-state index in [9.17, 15) is 9.18 Å². The molecule has 2 aliphatic rings. The molecule has 2 fully saturated rings. The van der Waals surface area contributed by atoms with Crippen LogP contribution in [0, 0.1) is 5.82 Å². The number of hydrogen-bond acceptors (Lipinski definition) is 2. The van der Waals surface area contributed by atoms with Gasteiger partial charge in [0.1, 0.15) is 5.82 Å². The van der Waals surface area contributed by atoms with E-state index in [4.69, 9.17) is 4.74 Å². The molecular formula is C16H20FNO2. The number of nitrogens with zero attached hydrogens (tertiary/aromatic N) is 1. The van der Waals surface area contributed by atoms with Gasteiger partial charge in [0.05, 0.1) is 5.60 Å². The second-order valence-electron chi connectivity index (χ2n) is 5.83. The Bertz CT molecular complexity index is 497. The van der Waals surface area contributed by atoms with Crippen LogP contribution in [0.2, 0.25) is 0 Å². The zero-order chi connectivity index (χ0) is 14.0. The molecular weight excluding hydrogens is 257 g/mol. The van der Waals surface area contributed by atoms with Crippen molar-refractivity contribution in [3.8, 4) is 0 Å². The zero-order valence-electron chi connectivity index (χ0n) is 11.6. The van der Waals surface area contributed by atoms with E-state index in [1.54, 1.807) is 6.07 Å². The maximum absolute atomic E-state index is 13.2. The Kier molecular flexibility index (Phi) is 3.74. The average molecular weight is 277 g/mol. The molecule has 2 aliphatic heterocycles. The number of carbonyl (C=O) groups is 1. The number of benzene rings is 1. The molecule has 0 aliphatic carbocycles. The van der Waals surface area contributed by atoms with Crippen LogP contribution in [0.3, 0.4) is 0 Å². The molecule has 2 saturated heterocycles. The molecule has 0 radical (unpaired) electrons. The van der Waals surface area contributed by atoms with Crippen LogP contribution in [-0.2, 0) is 16.1 Å². The molecule has 0 N–H and O–H groups in total. The highest BCUT2D eigenvalue weighted by Gasteiger charge is 2.38. The first kappa shape index (κ1) is 13.6. The highest BCUT2D eigenvalue weighted by Crippen LogP contribution is 2.36. The average Bonchev–Trinajstić information content (AvgIpc) is 2.84. The lowest BCUT2D eigenvalue weighted by molar-refractivity contribution is -0.131. The summed E-state index contributed by atoms with van der Waals surface area (Å²) < 4.78 is 19.1. The van der Waals surface area contributed by atoms with Gasteiger partial charge in [-0.05, 0) is 43.4 Å². The summed E-state index contributed by atoms with van der Waals surface area (Å²) in [5, 5.41) is 0. The van der Waals surface area contributed by atoms with E-state index in [1.807, 2.05) is 11.0 Å². The van der Waals surface area contributed by atoms with Crippen LogP contribution in [0.5, 0.6) is 0 Å². The number of hydrogen-bond donors (Lipinski definition) is 0. The van der Waals surface area contributed by atoms with Crippen molar-refractivity contribution in [2.45, 2.75) is 44.2 Å². The number of amides is 1. The summed E-state index contributed by atoms with van der Waals surface area (Å²) >= 11 is 0. The van der Waals surface area contributed by atoms with Crippen LogP contribution in [0.4, 0.5) is 4.39 Å². The normalized spacial score (nSPS) is 27.1. The van der Waals surface area contributed by atoms with E-state index in [0.29, 0.717) is 19.5 Å². The summed E-state index contributed by atoms with van der Waals surface area (Å²) in [6.07, 6.45) is 4.42. The first-order chi connectivity index (χ1) is 9.67. The van der Waals surface area contributed by atoms with E-state index in [2.05, 4.69) is 0 Å². The fraction of sp³-hybridized carbons (Fsp3) is 0.562. The van der Waals surface area contributed by atoms with Gasteiger partial charge in [0, 0.05) is 26.1 Å². The summed E-state index contributed by atoms with van der Waals surface area (Å²) in [6.45, 7) is 2.01. The molecule has 2 heterocycles. The van der Waals surface area contributed by atoms with Gasteiger partial charge in [0.2, 0.25) is 5.91 Å². The fourth-order valence-electron chi connectivity index (χ4n) is 3.25. The van der Waals surface area contributed by atoms with E-state index in [0.717, 1.165) is 37.9 Å². The predicted molar refractivity (Wildman–Crippen MR) is 73.6 cm³/mol. The van der Waals surface area contributed by atoms with E-state index < -0.39 is 0 Å². The second kappa shape index (κ2) is 5.52. The van der Waals surface area contributed by atoms with Crippen LogP contribution >= 0.6 is 0 Å². The molecule has 3 nitrogen and oxygen atoms in total. The van der Waals surface area contributed by atoms with Crippen molar-refractivity contribution >= 4 is 5.91 Å². The Labute approximate surface area is 118 Å². The van der Waals surface area contributed by atoms with Crippen LogP contribution < -0.4 is 0 Å². The molecule has 0 bridgehead atoms. The van der Waals surface area contributed by atoms with E-state index in [-0.39, 0.29) is 17.3 Å². The molecule has 1 aromatic carbocycles. The Balaban J connectivity index is 1.69. The molecule has 1 unspecified atom stereocenters. The quantitative estimate of drug-likeness (QED) is 0.832. The Morgan fingerprint density at radius 3 is 2.95 bits per heavy atom. The van der Waals surface area contributed by atoms with Crippen LogP contribution in [0.25, 0.3) is 0 Å². The van der Waals surface area contributed by atoms with Crippen molar-refractivity contribution in [3.05, 3.63) is 35.6 Å². The van der Waals surface area contributed by atoms with E-state index >= 15 is 0 Å². The first-order valence-corrected chi connectivity index (χ1v) is 7.33. The molecule has 1 atom stereocenters. The maximum atomic E-state index is 13.2. The smallest absolute Gasteiger partial charge is 0.222 e. The Hall–Kier alpha value is -1.42. The Morgan fingerprint density at radius 2 is 2.20 bits per heavy atom. The molecule has 3 rings (SSSR count). The van der Waals surface area contributed by atoms with Crippen LogP contribution in [0.1, 0.15) is 37.7 Å². The monoisotopic (exact) mass is 277 g/mol. The van der Waals surface area contributed by atoms with E-state index in [1.165, 1.54) is 12.1 Å². The molecule has 20 heavy (non-hydrogen) atoms. The van der Waals surface area contributed by atoms with Gasteiger partial charge in [-0.25, -0.2) is 4.39 Å². The summed E-state index contributed by atoms with van der Waals surface area (Å²) in [4.78, 5) is 14.1. The second-order valence-corrected chi connectivity index (χ2v) is 5.83. The lowest BCUT2D eigenvalue weighted by atomic mass is 9.92. The third-order valence-corrected chi connectivity index (χ3v) is 4.43. The topological polar surface area (TPSA) is 29.5 Å². The summed E-state index contributed by atoms with van der Waals surface area (Å²) in [5.74, 6) is -0.0954. The lowest BCUT2D eigenvalue weighted by Crippen LogP contribution is -2.32. The molecule has 108 valence electrons. The standard InChI is InChI=1S/C16H20FNO2/c17-14-4-1-3-13(11-14)12-18-9-8-16(6-2-10-20-16)7-5-15(18)19/h1,3-4,11H,2,5-10,12H2. The van der Waals surface area contributed by atoms with Crippen molar-refractivity contribution < 1.29 is 13.9 Å². The van der Waals surface area contributed by atoms with Crippen molar-refractivity contribution in [1.82, 2.24) is 4.90 Å². The third kappa shape index (κ3) is 2.85. The van der Waals surface area contributed by atoms with Crippen LogP contribution in [-0.4, -0.2) is 29.6 Å². The molecule has 4 heteroatoms. The van der Waals surface area contributed by atoms with Crippen molar-refractivity contribution in [2.24, 2.45) is 0 Å². The molecule has 1 spiro atoms. The molecule has 0 saturated carbocycles. The van der Waals surface area contributed by atoms with Gasteiger partial charge in [-0.15, -0.1) is 0 Å². The molecule has 1 amide bonds. The first-order valence-electron chi connectivity index (χ1n) is 7.33. The highest BCUT2D eigenvalue weighted by molar-refractivity contribution is 5.76. The summed E-state index contributed by atoms with van der Waals surface area (Å²) in [5.41, 5.74) is 0.772. The van der Waals surface area contributed by atoms with Crippen molar-refractivity contribution in [3.63, 3.8) is 0 Å². The number of likely N-dealkylation sites (tertiary alicyclic amines) is 1. The predicted octanol–water partition coefficient (Wildman–Crippen LogP) is 2.89. The fourth-order valence-corrected chi connectivity index (χ4v) is 3.25. The van der Waals surface area contributed by atoms with Crippen LogP contribution in [0.15, 0.2) is 24.3 Å². The molecule has 0 aromatic heterocycles. The third-order valence-electron chi connectivity index (χ3n) is 4.43. The Morgan fingerprint density at radius 1 is 1.30 bits per heavy atom. The SMILES string of the molecule is O=C1CCC2(CCCO2)CCN1Cc1cccc(F)c1. The minimum Gasteiger partial charge on any atom is -0.375 e. The van der Waals surface area contributed by atoms with Gasteiger partial charge in [-0.2, -0.15) is 0 Å². The number of rotatable bonds is 2. The minimum absolute atomic E-state index is 0.0770. The highest BCUT2D eigenvalue weighted by atomic mass is 19.1. The number of carbonyl (C=O) groups excluding carboxylic acids is 1. The lowest BCUT2D eigenvalue weighted by Gasteiger charge is -2.26. The summed E-state index contributed by atoms with van der Waals surface area (Å²) in [7, 11) is 0. The summed E-state index contributed by atoms with van der Waals surface area (Å²) in [6, 6.07) is 6.48. The van der Waals surface area contributed by atoms with Crippen molar-refractivity contribution in [1.29, 1.82) is 0 Å². The van der Waals surface area contributed by atoms with Gasteiger partial charge in [-0.1, -0.05) is 12.1 Å². The number of halogens is 1. The van der Waals surface area contributed by atoms with Gasteiger partial charge in [-0.3, -0.25) is 4.79 Å². The molecule has 1 aromatic rings. The van der Waals surface area contributed by atoms with Gasteiger partial charge >= 0.3 is 0 Å². The zero-order valence-corrected chi connectivity index (χ0v) is 11.6. The maximum Gasteiger partial charge on any atom is 0.222 e. The van der Waals surface area contributed by atoms with Crippen molar-refractivity contribution in [2.75, 3.05) is 13.2 Å². The van der Waals surface area contributed by atoms with Gasteiger partial charge < -0.3 is 9.64 Å². The van der Waals surface area contributed by atoms with Gasteiger partial charge in [0.25, 0.3) is 0 Å². The largest absolute Gasteiger partial charge is 0.375 e.